The van der Waals surface area contributed by atoms with E-state index in [2.05, 4.69) is 17.5 Å². The fourth-order valence-electron chi connectivity index (χ4n) is 2.41. The number of rotatable bonds is 0. The van der Waals surface area contributed by atoms with Gasteiger partial charge in [-0.1, -0.05) is 12.2 Å². The van der Waals surface area contributed by atoms with Crippen LogP contribution >= 0.6 is 0 Å². The average molecular weight is 238 g/mol. The molecule has 1 saturated heterocycles. The van der Waals surface area contributed by atoms with Crippen LogP contribution < -0.4 is 5.32 Å². The van der Waals surface area contributed by atoms with Crippen LogP contribution in [0.25, 0.3) is 0 Å². The Morgan fingerprint density at radius 2 is 2.18 bits per heavy atom. The van der Waals surface area contributed by atoms with Gasteiger partial charge in [-0.2, -0.15) is 0 Å². The molecule has 2 aliphatic rings. The van der Waals surface area contributed by atoms with Gasteiger partial charge in [-0.15, -0.1) is 0 Å². The molecule has 0 radical (unpaired) electrons. The smallest absolute Gasteiger partial charge is 0.410 e. The van der Waals surface area contributed by atoms with Crippen LogP contribution in [-0.4, -0.2) is 41.8 Å². The monoisotopic (exact) mass is 238 g/mol. The molecule has 1 atom stereocenters. The Hall–Kier alpha value is -1.03. The number of likely N-dealkylation sites (tertiary alicyclic amines) is 1. The Balaban J connectivity index is 1.93. The third-order valence-electron chi connectivity index (χ3n) is 3.28. The fourth-order valence-corrected chi connectivity index (χ4v) is 2.41. The summed E-state index contributed by atoms with van der Waals surface area (Å²) < 4.78 is 5.40. The van der Waals surface area contributed by atoms with E-state index in [4.69, 9.17) is 4.74 Å². The van der Waals surface area contributed by atoms with Crippen LogP contribution in [0.4, 0.5) is 4.79 Å². The van der Waals surface area contributed by atoms with E-state index in [-0.39, 0.29) is 11.6 Å². The van der Waals surface area contributed by atoms with Crippen LogP contribution in [0.15, 0.2) is 12.2 Å². The van der Waals surface area contributed by atoms with Gasteiger partial charge in [0.05, 0.1) is 0 Å². The molecule has 2 rings (SSSR count). The van der Waals surface area contributed by atoms with Crippen molar-refractivity contribution in [3.05, 3.63) is 12.2 Å². The standard InChI is InChI=1S/C13H22N2O2/c1-12(2,3)17-11(16)15-9-7-13(10-15)6-4-5-8-14-13/h4-5,14H,6-10H2,1-3H3. The largest absolute Gasteiger partial charge is 0.444 e. The summed E-state index contributed by atoms with van der Waals surface area (Å²) in [6, 6.07) is 0. The molecule has 1 unspecified atom stereocenters. The van der Waals surface area contributed by atoms with Crippen molar-refractivity contribution in [1.82, 2.24) is 10.2 Å². The zero-order valence-electron chi connectivity index (χ0n) is 11.0. The Morgan fingerprint density at radius 3 is 2.76 bits per heavy atom. The Labute approximate surface area is 103 Å². The van der Waals surface area contributed by atoms with Gasteiger partial charge >= 0.3 is 6.09 Å². The lowest BCUT2D eigenvalue weighted by Crippen LogP contribution is -2.49. The van der Waals surface area contributed by atoms with E-state index in [1.807, 2.05) is 25.7 Å². The van der Waals surface area contributed by atoms with Crippen molar-refractivity contribution in [2.45, 2.75) is 44.8 Å². The summed E-state index contributed by atoms with van der Waals surface area (Å²) >= 11 is 0. The third-order valence-corrected chi connectivity index (χ3v) is 3.28. The van der Waals surface area contributed by atoms with Crippen molar-refractivity contribution in [3.63, 3.8) is 0 Å². The van der Waals surface area contributed by atoms with E-state index in [0.717, 1.165) is 32.5 Å². The first-order chi connectivity index (χ1) is 7.90. The molecular formula is C13H22N2O2. The zero-order valence-corrected chi connectivity index (χ0v) is 11.0. The number of carbonyl (C=O) groups excluding carboxylic acids is 1. The van der Waals surface area contributed by atoms with Crippen molar-refractivity contribution >= 4 is 6.09 Å². The summed E-state index contributed by atoms with van der Waals surface area (Å²) in [5, 5.41) is 3.51. The number of hydrogen-bond acceptors (Lipinski definition) is 3. The second kappa shape index (κ2) is 4.33. The van der Waals surface area contributed by atoms with Gasteiger partial charge in [0.2, 0.25) is 0 Å². The Kier molecular flexibility index (Phi) is 3.17. The molecule has 0 aromatic carbocycles. The quantitative estimate of drug-likeness (QED) is 0.655. The lowest BCUT2D eigenvalue weighted by molar-refractivity contribution is 0.0280. The lowest BCUT2D eigenvalue weighted by Gasteiger charge is -2.32. The van der Waals surface area contributed by atoms with Crippen molar-refractivity contribution in [3.8, 4) is 0 Å². The summed E-state index contributed by atoms with van der Waals surface area (Å²) in [5.74, 6) is 0. The van der Waals surface area contributed by atoms with Gasteiger partial charge in [-0.3, -0.25) is 0 Å². The van der Waals surface area contributed by atoms with Gasteiger partial charge in [0.15, 0.2) is 0 Å². The summed E-state index contributed by atoms with van der Waals surface area (Å²) in [7, 11) is 0. The molecule has 2 aliphatic heterocycles. The second-order valence-corrected chi connectivity index (χ2v) is 5.99. The highest BCUT2D eigenvalue weighted by atomic mass is 16.6. The van der Waals surface area contributed by atoms with E-state index in [1.165, 1.54) is 0 Å². The van der Waals surface area contributed by atoms with Crippen LogP contribution in [0, 0.1) is 0 Å². The maximum absolute atomic E-state index is 11.9. The maximum Gasteiger partial charge on any atom is 0.410 e. The summed E-state index contributed by atoms with van der Waals surface area (Å²) in [4.78, 5) is 13.8. The molecule has 0 aliphatic carbocycles. The van der Waals surface area contributed by atoms with Crippen LogP contribution in [-0.2, 0) is 4.74 Å². The maximum atomic E-state index is 11.9. The minimum atomic E-state index is -0.410. The topological polar surface area (TPSA) is 41.6 Å². The predicted molar refractivity (Wildman–Crippen MR) is 66.9 cm³/mol. The van der Waals surface area contributed by atoms with Gasteiger partial charge in [0.25, 0.3) is 0 Å². The molecule has 0 aromatic heterocycles. The van der Waals surface area contributed by atoms with E-state index in [1.54, 1.807) is 0 Å². The number of nitrogens with one attached hydrogen (secondary N) is 1. The molecule has 4 nitrogen and oxygen atoms in total. The first-order valence-electron chi connectivity index (χ1n) is 6.28. The molecule has 1 N–H and O–H groups in total. The van der Waals surface area contributed by atoms with Crippen LogP contribution in [0.5, 0.6) is 0 Å². The summed E-state index contributed by atoms with van der Waals surface area (Å²) in [5.41, 5.74) is -0.321. The van der Waals surface area contributed by atoms with Crippen LogP contribution in [0.1, 0.15) is 33.6 Å². The number of nitrogens with zero attached hydrogens (tertiary/aromatic N) is 1. The minimum Gasteiger partial charge on any atom is -0.444 e. The van der Waals surface area contributed by atoms with E-state index in [0.29, 0.717) is 0 Å². The minimum absolute atomic E-state index is 0.0889. The second-order valence-electron chi connectivity index (χ2n) is 5.99. The lowest BCUT2D eigenvalue weighted by atomic mass is 9.92. The number of ether oxygens (including phenoxy) is 1. The van der Waals surface area contributed by atoms with Gasteiger partial charge in [-0.05, 0) is 33.6 Å². The molecule has 0 aromatic rings. The molecule has 1 spiro atoms. The predicted octanol–water partition coefficient (Wildman–Crippen LogP) is 1.92. The third kappa shape index (κ3) is 3.00. The SMILES string of the molecule is CC(C)(C)OC(=O)N1CCC2(CC=CCN2)C1. The van der Waals surface area contributed by atoms with Crippen LogP contribution in [0.2, 0.25) is 0 Å². The molecule has 96 valence electrons. The molecule has 0 bridgehead atoms. The number of hydrogen-bond donors (Lipinski definition) is 1. The first kappa shape index (κ1) is 12.4. The normalized spacial score (nSPS) is 28.8. The molecular weight excluding hydrogens is 216 g/mol. The molecule has 0 saturated carbocycles. The Bertz CT molecular complexity index is 333. The highest BCUT2D eigenvalue weighted by Gasteiger charge is 2.40. The molecule has 1 fully saturated rings. The Morgan fingerprint density at radius 1 is 1.41 bits per heavy atom. The number of amides is 1. The molecule has 1 amide bonds. The molecule has 2 heterocycles. The summed E-state index contributed by atoms with van der Waals surface area (Å²) in [6.07, 6.45) is 6.17. The number of carbonyl (C=O) groups is 1. The highest BCUT2D eigenvalue weighted by molar-refractivity contribution is 5.68. The van der Waals surface area contributed by atoms with Gasteiger partial charge in [0, 0.05) is 25.2 Å². The van der Waals surface area contributed by atoms with E-state index in [9.17, 15) is 4.79 Å². The molecule has 4 heteroatoms. The van der Waals surface area contributed by atoms with E-state index >= 15 is 0 Å². The van der Waals surface area contributed by atoms with Gasteiger partial charge in [-0.25, -0.2) is 4.79 Å². The van der Waals surface area contributed by atoms with Gasteiger partial charge in [0.1, 0.15) is 5.60 Å². The van der Waals surface area contributed by atoms with Crippen molar-refractivity contribution in [1.29, 1.82) is 0 Å². The van der Waals surface area contributed by atoms with Crippen LogP contribution in [0.3, 0.4) is 0 Å². The highest BCUT2D eigenvalue weighted by Crippen LogP contribution is 2.28. The van der Waals surface area contributed by atoms with Crippen molar-refractivity contribution < 1.29 is 9.53 Å². The zero-order chi connectivity index (χ0) is 12.5. The summed E-state index contributed by atoms with van der Waals surface area (Å²) in [6.45, 7) is 8.15. The van der Waals surface area contributed by atoms with Crippen molar-refractivity contribution in [2.75, 3.05) is 19.6 Å². The fraction of sp³-hybridized carbons (Fsp3) is 0.769. The van der Waals surface area contributed by atoms with Crippen molar-refractivity contribution in [2.24, 2.45) is 0 Å². The van der Waals surface area contributed by atoms with E-state index < -0.39 is 5.60 Å². The molecule has 17 heavy (non-hydrogen) atoms. The van der Waals surface area contributed by atoms with Gasteiger partial charge < -0.3 is 15.0 Å². The average Bonchev–Trinajstić information content (AvgIpc) is 2.61. The first-order valence-corrected chi connectivity index (χ1v) is 6.28.